The molecule has 0 aromatic heterocycles. The molecule has 0 saturated carbocycles. The van der Waals surface area contributed by atoms with E-state index in [-0.39, 0.29) is 13.1 Å². The highest BCUT2D eigenvalue weighted by molar-refractivity contribution is 5.74. The molecule has 8 heteroatoms. The van der Waals surface area contributed by atoms with E-state index in [0.717, 1.165) is 0 Å². The molecule has 1 aliphatic rings. The molecule has 0 radical (unpaired) electrons. The first-order valence-corrected chi connectivity index (χ1v) is 5.38. The number of urea groups is 1. The molecule has 0 aromatic carbocycles. The molecule has 1 rings (SSSR count). The second-order valence-corrected chi connectivity index (χ2v) is 4.07. The van der Waals surface area contributed by atoms with Crippen LogP contribution < -0.4 is 5.32 Å². The molecule has 0 atom stereocenters. The number of nitrogens with zero attached hydrogens (tertiary/aromatic N) is 2. The molecule has 1 aliphatic heterocycles. The predicted molar refractivity (Wildman–Crippen MR) is 55.6 cm³/mol. The zero-order valence-electron chi connectivity index (χ0n) is 9.88. The van der Waals surface area contributed by atoms with Crippen LogP contribution in [0.15, 0.2) is 0 Å². The normalized spacial score (nSPS) is 19.2. The number of halogens is 3. The van der Waals surface area contributed by atoms with Crippen LogP contribution in [-0.4, -0.2) is 49.5 Å². The van der Waals surface area contributed by atoms with Gasteiger partial charge in [-0.2, -0.15) is 18.4 Å². The van der Waals surface area contributed by atoms with Gasteiger partial charge in [-0.05, 0) is 0 Å². The zero-order chi connectivity index (χ0) is 13.8. The zero-order valence-corrected chi connectivity index (χ0v) is 9.88. The Bertz CT molecular complexity index is 343. The molecule has 18 heavy (non-hydrogen) atoms. The van der Waals surface area contributed by atoms with Crippen LogP contribution in [0.5, 0.6) is 0 Å². The second kappa shape index (κ2) is 5.44. The van der Waals surface area contributed by atoms with Crippen LogP contribution in [-0.2, 0) is 4.74 Å². The Morgan fingerprint density at radius 2 is 2.06 bits per heavy atom. The van der Waals surface area contributed by atoms with Crippen molar-refractivity contribution < 1.29 is 22.7 Å². The van der Waals surface area contributed by atoms with Gasteiger partial charge in [0, 0.05) is 33.0 Å². The van der Waals surface area contributed by atoms with E-state index < -0.39 is 24.4 Å². The van der Waals surface area contributed by atoms with Gasteiger partial charge in [0.15, 0.2) is 5.60 Å². The third kappa shape index (κ3) is 3.77. The van der Waals surface area contributed by atoms with E-state index in [0.29, 0.717) is 12.8 Å². The lowest BCUT2D eigenvalue weighted by atomic mass is 9.93. The molecular formula is C10H14F3N3O2. The van der Waals surface area contributed by atoms with Gasteiger partial charge in [-0.15, -0.1) is 0 Å². The van der Waals surface area contributed by atoms with Crippen LogP contribution in [0, 0.1) is 11.3 Å². The summed E-state index contributed by atoms with van der Waals surface area (Å²) >= 11 is 0. The number of rotatable bonds is 2. The van der Waals surface area contributed by atoms with Gasteiger partial charge in [0.2, 0.25) is 0 Å². The van der Waals surface area contributed by atoms with Gasteiger partial charge in [-0.1, -0.05) is 0 Å². The van der Waals surface area contributed by atoms with Gasteiger partial charge in [0.05, 0.1) is 6.07 Å². The van der Waals surface area contributed by atoms with Crippen LogP contribution in [0.3, 0.4) is 0 Å². The lowest BCUT2D eigenvalue weighted by Crippen LogP contribution is -2.51. The molecule has 1 N–H and O–H groups in total. The Balaban J connectivity index is 2.44. The number of likely N-dealkylation sites (tertiary alicyclic amines) is 1. The summed E-state index contributed by atoms with van der Waals surface area (Å²) in [5, 5.41) is 10.7. The number of ether oxygens (including phenoxy) is 1. The lowest BCUT2D eigenvalue weighted by Gasteiger charge is -2.36. The number of methoxy groups -OCH3 is 1. The summed E-state index contributed by atoms with van der Waals surface area (Å²) in [7, 11) is 1.41. The van der Waals surface area contributed by atoms with E-state index in [1.165, 1.54) is 12.0 Å². The fourth-order valence-electron chi connectivity index (χ4n) is 1.72. The number of nitriles is 1. The van der Waals surface area contributed by atoms with E-state index in [9.17, 15) is 18.0 Å². The first kappa shape index (κ1) is 14.6. The highest BCUT2D eigenvalue weighted by Crippen LogP contribution is 2.24. The maximum absolute atomic E-state index is 11.9. The molecule has 0 spiro atoms. The summed E-state index contributed by atoms with van der Waals surface area (Å²) in [6.07, 6.45) is -3.84. The Kier molecular flexibility index (Phi) is 4.40. The Labute approximate surface area is 102 Å². The maximum Gasteiger partial charge on any atom is 0.405 e. The lowest BCUT2D eigenvalue weighted by molar-refractivity contribution is -0.123. The Hall–Kier alpha value is -1.49. The molecule has 5 nitrogen and oxygen atoms in total. The van der Waals surface area contributed by atoms with E-state index in [1.54, 1.807) is 5.32 Å². The minimum absolute atomic E-state index is 0.199. The van der Waals surface area contributed by atoms with Gasteiger partial charge < -0.3 is 15.0 Å². The number of nitrogens with one attached hydrogen (secondary N) is 1. The molecule has 1 saturated heterocycles. The van der Waals surface area contributed by atoms with Crippen molar-refractivity contribution in [1.29, 1.82) is 5.26 Å². The van der Waals surface area contributed by atoms with Crippen LogP contribution >= 0.6 is 0 Å². The molecule has 0 unspecified atom stereocenters. The van der Waals surface area contributed by atoms with Crippen molar-refractivity contribution in [3.8, 4) is 6.07 Å². The van der Waals surface area contributed by atoms with Crippen molar-refractivity contribution in [2.45, 2.75) is 24.6 Å². The summed E-state index contributed by atoms with van der Waals surface area (Å²) in [6, 6.07) is 1.25. The number of hydrogen-bond acceptors (Lipinski definition) is 3. The number of carbonyl (C=O) groups is 1. The summed E-state index contributed by atoms with van der Waals surface area (Å²) in [4.78, 5) is 12.7. The average molecular weight is 265 g/mol. The Morgan fingerprint density at radius 3 is 2.44 bits per heavy atom. The largest absolute Gasteiger partial charge is 0.405 e. The summed E-state index contributed by atoms with van der Waals surface area (Å²) in [5.74, 6) is 0. The quantitative estimate of drug-likeness (QED) is 0.817. The van der Waals surface area contributed by atoms with E-state index in [1.807, 2.05) is 6.07 Å². The first-order chi connectivity index (χ1) is 8.32. The molecule has 1 heterocycles. The number of carbonyl (C=O) groups excluding carboxylic acids is 1. The minimum Gasteiger partial charge on any atom is -0.363 e. The van der Waals surface area contributed by atoms with Crippen molar-refractivity contribution in [3.05, 3.63) is 0 Å². The SMILES string of the molecule is COC1(C#N)CCN(C(=O)NCC(F)(F)F)CC1. The molecule has 0 aliphatic carbocycles. The smallest absolute Gasteiger partial charge is 0.363 e. The fourth-order valence-corrected chi connectivity index (χ4v) is 1.72. The van der Waals surface area contributed by atoms with Crippen molar-refractivity contribution in [2.75, 3.05) is 26.7 Å². The van der Waals surface area contributed by atoms with Gasteiger partial charge in [-0.3, -0.25) is 0 Å². The predicted octanol–water partition coefficient (Wildman–Crippen LogP) is 1.26. The van der Waals surface area contributed by atoms with Crippen molar-refractivity contribution in [2.24, 2.45) is 0 Å². The van der Waals surface area contributed by atoms with Gasteiger partial charge in [-0.25, -0.2) is 4.79 Å². The maximum atomic E-state index is 11.9. The highest BCUT2D eigenvalue weighted by atomic mass is 19.4. The van der Waals surface area contributed by atoms with Crippen molar-refractivity contribution >= 4 is 6.03 Å². The van der Waals surface area contributed by atoms with Gasteiger partial charge in [0.25, 0.3) is 0 Å². The number of hydrogen-bond donors (Lipinski definition) is 1. The van der Waals surface area contributed by atoms with E-state index in [4.69, 9.17) is 10.00 Å². The highest BCUT2D eigenvalue weighted by Gasteiger charge is 2.37. The van der Waals surface area contributed by atoms with E-state index >= 15 is 0 Å². The number of alkyl halides is 3. The average Bonchev–Trinajstić information content (AvgIpc) is 2.35. The van der Waals surface area contributed by atoms with E-state index in [2.05, 4.69) is 0 Å². The van der Waals surface area contributed by atoms with Crippen LogP contribution in [0.4, 0.5) is 18.0 Å². The first-order valence-electron chi connectivity index (χ1n) is 5.38. The van der Waals surface area contributed by atoms with Crippen LogP contribution in [0.25, 0.3) is 0 Å². The van der Waals surface area contributed by atoms with Crippen LogP contribution in [0.2, 0.25) is 0 Å². The van der Waals surface area contributed by atoms with Gasteiger partial charge >= 0.3 is 12.2 Å². The Morgan fingerprint density at radius 1 is 1.50 bits per heavy atom. The molecule has 0 bridgehead atoms. The standard InChI is InChI=1S/C10H14F3N3O2/c1-18-9(6-14)2-4-16(5-3-9)8(17)15-7-10(11,12)13/h2-5,7H2,1H3,(H,15,17). The second-order valence-electron chi connectivity index (χ2n) is 4.07. The minimum atomic E-state index is -4.42. The monoisotopic (exact) mass is 265 g/mol. The van der Waals surface area contributed by atoms with Gasteiger partial charge in [0.1, 0.15) is 6.54 Å². The molecule has 102 valence electrons. The third-order valence-corrected chi connectivity index (χ3v) is 2.89. The molecular weight excluding hydrogens is 251 g/mol. The van der Waals surface area contributed by atoms with Crippen LogP contribution in [0.1, 0.15) is 12.8 Å². The number of piperidine rings is 1. The molecule has 2 amide bonds. The number of amides is 2. The summed E-state index contributed by atoms with van der Waals surface area (Å²) in [6.45, 7) is -0.952. The third-order valence-electron chi connectivity index (χ3n) is 2.89. The molecule has 0 aromatic rings. The summed E-state index contributed by atoms with van der Waals surface area (Å²) < 4.78 is 40.8. The van der Waals surface area contributed by atoms with Crippen molar-refractivity contribution in [3.63, 3.8) is 0 Å². The topological polar surface area (TPSA) is 65.4 Å². The van der Waals surface area contributed by atoms with Crippen molar-refractivity contribution in [1.82, 2.24) is 10.2 Å². The molecule has 1 fully saturated rings. The summed E-state index contributed by atoms with van der Waals surface area (Å²) in [5.41, 5.74) is -0.930. The fraction of sp³-hybridized carbons (Fsp3) is 0.800.